The summed E-state index contributed by atoms with van der Waals surface area (Å²) in [7, 11) is 0. The topological polar surface area (TPSA) is 71.5 Å². The molecule has 6 nitrogen and oxygen atoms in total. The molecule has 1 aliphatic heterocycles. The number of fused-ring (bicyclic) bond motifs is 1. The second-order valence-electron chi connectivity index (χ2n) is 7.52. The first-order valence-electron chi connectivity index (χ1n) is 10.3. The number of Topliss-reactive ketones (excluding diaryl/α,β-unsaturated/α-hetero) is 1. The maximum atomic E-state index is 12.5. The van der Waals surface area contributed by atoms with Crippen LogP contribution in [0.5, 0.6) is 5.75 Å². The number of ether oxygens (including phenoxy) is 1. The molecule has 1 fully saturated rings. The molecule has 6 heteroatoms. The first-order chi connectivity index (χ1) is 14.6. The van der Waals surface area contributed by atoms with Gasteiger partial charge in [-0.25, -0.2) is 0 Å². The van der Waals surface area contributed by atoms with Crippen molar-refractivity contribution >= 4 is 33.8 Å². The number of pyridine rings is 1. The van der Waals surface area contributed by atoms with E-state index in [1.165, 1.54) is 31.9 Å². The van der Waals surface area contributed by atoms with Gasteiger partial charge >= 0.3 is 0 Å². The van der Waals surface area contributed by atoms with Gasteiger partial charge in [0.2, 0.25) is 0 Å². The highest BCUT2D eigenvalue weighted by molar-refractivity contribution is 6.06. The van der Waals surface area contributed by atoms with Crippen LogP contribution in [-0.4, -0.2) is 36.4 Å². The third-order valence-electron chi connectivity index (χ3n) is 5.38. The van der Waals surface area contributed by atoms with Crippen LogP contribution in [0.3, 0.4) is 0 Å². The molecule has 0 saturated carbocycles. The van der Waals surface area contributed by atoms with E-state index in [0.29, 0.717) is 17.0 Å². The molecule has 0 spiro atoms. The van der Waals surface area contributed by atoms with Crippen molar-refractivity contribution in [3.8, 4) is 5.75 Å². The second-order valence-corrected chi connectivity index (χ2v) is 7.52. The number of amides is 1. The van der Waals surface area contributed by atoms with Gasteiger partial charge in [0.1, 0.15) is 5.75 Å². The number of hydrogen-bond donors (Lipinski definition) is 1. The standard InChI is InChI=1S/C24H25N3O3/c1-17(28)18-6-5-7-19(14-18)30-16-24(29)26-22-8-9-23(27-12-3-2-4-13-27)20-10-11-25-15-21(20)22/h5-11,14-15H,2-4,12-13,16H2,1H3,(H,26,29). The third-order valence-corrected chi connectivity index (χ3v) is 5.38. The van der Waals surface area contributed by atoms with E-state index in [2.05, 4.69) is 21.3 Å². The fourth-order valence-electron chi connectivity index (χ4n) is 3.83. The van der Waals surface area contributed by atoms with Gasteiger partial charge in [-0.15, -0.1) is 0 Å². The number of rotatable bonds is 6. The summed E-state index contributed by atoms with van der Waals surface area (Å²) in [5.74, 6) is 0.182. The van der Waals surface area contributed by atoms with Crippen molar-refractivity contribution in [1.82, 2.24) is 4.98 Å². The minimum atomic E-state index is -0.265. The van der Waals surface area contributed by atoms with Gasteiger partial charge in [0.25, 0.3) is 5.91 Å². The lowest BCUT2D eigenvalue weighted by Gasteiger charge is -2.30. The highest BCUT2D eigenvalue weighted by atomic mass is 16.5. The first-order valence-corrected chi connectivity index (χ1v) is 10.3. The van der Waals surface area contributed by atoms with Crippen LogP contribution in [0.1, 0.15) is 36.5 Å². The quantitative estimate of drug-likeness (QED) is 0.616. The molecule has 1 aliphatic rings. The minimum Gasteiger partial charge on any atom is -0.484 e. The highest BCUT2D eigenvalue weighted by Gasteiger charge is 2.16. The molecule has 30 heavy (non-hydrogen) atoms. The van der Waals surface area contributed by atoms with Crippen LogP contribution < -0.4 is 15.0 Å². The Hall–Kier alpha value is -3.41. The van der Waals surface area contributed by atoms with Crippen LogP contribution in [0.15, 0.2) is 54.9 Å². The molecule has 1 N–H and O–H groups in total. The smallest absolute Gasteiger partial charge is 0.262 e. The Kier molecular flexibility index (Phi) is 5.93. The van der Waals surface area contributed by atoms with Crippen LogP contribution in [-0.2, 0) is 4.79 Å². The Bertz CT molecular complexity index is 1070. The molecule has 0 bridgehead atoms. The Labute approximate surface area is 175 Å². The molecular weight excluding hydrogens is 378 g/mol. The van der Waals surface area contributed by atoms with E-state index in [4.69, 9.17) is 4.74 Å². The predicted octanol–water partition coefficient (Wildman–Crippen LogP) is 4.45. The van der Waals surface area contributed by atoms with Crippen molar-refractivity contribution in [3.63, 3.8) is 0 Å². The summed E-state index contributed by atoms with van der Waals surface area (Å²) in [6, 6.07) is 12.8. The normalized spacial score (nSPS) is 13.8. The summed E-state index contributed by atoms with van der Waals surface area (Å²) < 4.78 is 5.57. The zero-order chi connectivity index (χ0) is 20.9. The van der Waals surface area contributed by atoms with E-state index in [9.17, 15) is 9.59 Å². The van der Waals surface area contributed by atoms with Gasteiger partial charge in [0, 0.05) is 47.5 Å². The summed E-state index contributed by atoms with van der Waals surface area (Å²) >= 11 is 0. The fourth-order valence-corrected chi connectivity index (χ4v) is 3.83. The van der Waals surface area contributed by atoms with Crippen LogP contribution in [0.4, 0.5) is 11.4 Å². The number of ketones is 1. The Morgan fingerprint density at radius 2 is 1.90 bits per heavy atom. The number of carbonyl (C=O) groups excluding carboxylic acids is 2. The monoisotopic (exact) mass is 403 g/mol. The molecule has 0 atom stereocenters. The van der Waals surface area contributed by atoms with Gasteiger partial charge < -0.3 is 15.0 Å². The maximum absolute atomic E-state index is 12.5. The fraction of sp³-hybridized carbons (Fsp3) is 0.292. The van der Waals surface area contributed by atoms with Gasteiger partial charge in [-0.05, 0) is 56.5 Å². The van der Waals surface area contributed by atoms with Crippen molar-refractivity contribution < 1.29 is 14.3 Å². The molecule has 1 amide bonds. The van der Waals surface area contributed by atoms with Crippen molar-refractivity contribution in [2.75, 3.05) is 29.9 Å². The van der Waals surface area contributed by atoms with Crippen molar-refractivity contribution in [2.45, 2.75) is 26.2 Å². The van der Waals surface area contributed by atoms with Crippen molar-refractivity contribution in [1.29, 1.82) is 0 Å². The first kappa shape index (κ1) is 19.9. The number of benzene rings is 2. The summed E-state index contributed by atoms with van der Waals surface area (Å²) in [6.45, 7) is 3.46. The van der Waals surface area contributed by atoms with E-state index in [0.717, 1.165) is 23.9 Å². The molecule has 0 unspecified atom stereocenters. The molecule has 0 aliphatic carbocycles. The lowest BCUT2D eigenvalue weighted by Crippen LogP contribution is -2.29. The van der Waals surface area contributed by atoms with Crippen LogP contribution in [0.2, 0.25) is 0 Å². The maximum Gasteiger partial charge on any atom is 0.262 e. The van der Waals surface area contributed by atoms with Gasteiger partial charge in [-0.3, -0.25) is 14.6 Å². The number of hydrogen-bond acceptors (Lipinski definition) is 5. The molecule has 0 radical (unpaired) electrons. The average molecular weight is 403 g/mol. The van der Waals surface area contributed by atoms with Gasteiger partial charge in [0.05, 0.1) is 5.69 Å². The van der Waals surface area contributed by atoms with Crippen LogP contribution in [0, 0.1) is 0 Å². The number of anilines is 2. The number of nitrogens with one attached hydrogen (secondary N) is 1. The number of aromatic nitrogens is 1. The Balaban J connectivity index is 1.49. The van der Waals surface area contributed by atoms with Crippen molar-refractivity contribution in [2.24, 2.45) is 0 Å². The molecule has 1 aromatic heterocycles. The third kappa shape index (κ3) is 4.43. The van der Waals surface area contributed by atoms with Gasteiger partial charge in [-0.1, -0.05) is 12.1 Å². The highest BCUT2D eigenvalue weighted by Crippen LogP contribution is 2.33. The molecule has 2 heterocycles. The van der Waals surface area contributed by atoms with Gasteiger partial charge in [-0.2, -0.15) is 0 Å². The van der Waals surface area contributed by atoms with E-state index in [1.807, 2.05) is 12.1 Å². The summed E-state index contributed by atoms with van der Waals surface area (Å²) in [5.41, 5.74) is 2.45. The van der Waals surface area contributed by atoms with E-state index >= 15 is 0 Å². The largest absolute Gasteiger partial charge is 0.484 e. The van der Waals surface area contributed by atoms with Crippen LogP contribution in [0.25, 0.3) is 10.8 Å². The lowest BCUT2D eigenvalue weighted by atomic mass is 10.1. The zero-order valence-electron chi connectivity index (χ0n) is 17.1. The number of carbonyl (C=O) groups is 2. The zero-order valence-corrected chi connectivity index (χ0v) is 17.1. The Morgan fingerprint density at radius 3 is 2.70 bits per heavy atom. The molecule has 1 saturated heterocycles. The molecule has 2 aromatic carbocycles. The van der Waals surface area contributed by atoms with Gasteiger partial charge in [0.15, 0.2) is 12.4 Å². The van der Waals surface area contributed by atoms with E-state index < -0.39 is 0 Å². The summed E-state index contributed by atoms with van der Waals surface area (Å²) in [5, 5.41) is 4.93. The molecule has 3 aromatic rings. The summed E-state index contributed by atoms with van der Waals surface area (Å²) in [6.07, 6.45) is 7.25. The SMILES string of the molecule is CC(=O)c1cccc(OCC(=O)Nc2ccc(N3CCCCC3)c3ccncc23)c1. The second kappa shape index (κ2) is 8.95. The number of nitrogens with zero attached hydrogens (tertiary/aromatic N) is 2. The lowest BCUT2D eigenvalue weighted by molar-refractivity contribution is -0.118. The Morgan fingerprint density at radius 1 is 1.07 bits per heavy atom. The molecule has 4 rings (SSSR count). The molecular formula is C24H25N3O3. The van der Waals surface area contributed by atoms with E-state index in [-0.39, 0.29) is 18.3 Å². The minimum absolute atomic E-state index is 0.0438. The van der Waals surface area contributed by atoms with Crippen LogP contribution >= 0.6 is 0 Å². The number of piperidine rings is 1. The average Bonchev–Trinajstić information content (AvgIpc) is 2.79. The van der Waals surface area contributed by atoms with Crippen molar-refractivity contribution in [3.05, 3.63) is 60.4 Å². The molecule has 154 valence electrons. The van der Waals surface area contributed by atoms with E-state index in [1.54, 1.807) is 36.7 Å². The predicted molar refractivity (Wildman–Crippen MR) is 118 cm³/mol. The summed E-state index contributed by atoms with van der Waals surface area (Å²) in [4.78, 5) is 30.7.